The highest BCUT2D eigenvalue weighted by molar-refractivity contribution is 5.85. The highest BCUT2D eigenvalue weighted by atomic mass is 16.5. The van der Waals surface area contributed by atoms with E-state index in [-0.39, 0.29) is 24.1 Å². The lowest BCUT2D eigenvalue weighted by atomic mass is 9.39. The van der Waals surface area contributed by atoms with Crippen molar-refractivity contribution in [2.75, 3.05) is 6.61 Å². The van der Waals surface area contributed by atoms with E-state index in [4.69, 9.17) is 4.74 Å². The summed E-state index contributed by atoms with van der Waals surface area (Å²) in [6, 6.07) is 0. The van der Waals surface area contributed by atoms with Crippen LogP contribution in [0.3, 0.4) is 0 Å². The van der Waals surface area contributed by atoms with Crippen LogP contribution in [0.15, 0.2) is 23.8 Å². The molecule has 156 valence electrons. The van der Waals surface area contributed by atoms with Crippen LogP contribution in [0.2, 0.25) is 0 Å². The summed E-state index contributed by atoms with van der Waals surface area (Å²) in [4.78, 5) is 11.8. The lowest BCUT2D eigenvalue weighted by Crippen LogP contribution is -2.58. The topological polar surface area (TPSA) is 46.5 Å². The van der Waals surface area contributed by atoms with Crippen molar-refractivity contribution in [2.24, 2.45) is 34.0 Å². The molecular formula is C25H38O3. The highest BCUT2D eigenvalue weighted by Gasteiger charge is 2.61. The van der Waals surface area contributed by atoms with Gasteiger partial charge in [0.15, 0.2) is 0 Å². The van der Waals surface area contributed by atoms with Gasteiger partial charge in [0.2, 0.25) is 0 Å². The lowest BCUT2D eigenvalue weighted by molar-refractivity contribution is -0.159. The molecule has 0 unspecified atom stereocenters. The average molecular weight is 387 g/mol. The van der Waals surface area contributed by atoms with Crippen molar-refractivity contribution in [3.05, 3.63) is 23.8 Å². The van der Waals surface area contributed by atoms with Crippen LogP contribution in [0.1, 0.15) is 79.1 Å². The Morgan fingerprint density at radius 3 is 2.57 bits per heavy atom. The highest BCUT2D eigenvalue weighted by Crippen LogP contribution is 2.69. The Balaban J connectivity index is 1.64. The van der Waals surface area contributed by atoms with Crippen LogP contribution in [0.5, 0.6) is 0 Å². The second-order valence-electron chi connectivity index (χ2n) is 11.3. The summed E-state index contributed by atoms with van der Waals surface area (Å²) < 4.78 is 5.57. The van der Waals surface area contributed by atoms with E-state index in [1.54, 1.807) is 0 Å². The van der Waals surface area contributed by atoms with E-state index < -0.39 is 0 Å². The molecule has 6 atom stereocenters. The number of fused-ring (bicyclic) bond motifs is 3. The van der Waals surface area contributed by atoms with Crippen LogP contribution in [0.4, 0.5) is 0 Å². The molecular weight excluding hydrogens is 348 g/mol. The first-order valence-corrected chi connectivity index (χ1v) is 11.3. The minimum atomic E-state index is -0.304. The summed E-state index contributed by atoms with van der Waals surface area (Å²) in [6.07, 6.45) is 10.9. The molecule has 0 aromatic rings. The molecule has 4 aliphatic rings. The summed E-state index contributed by atoms with van der Waals surface area (Å²) in [7, 11) is 0. The molecule has 28 heavy (non-hydrogen) atoms. The number of ether oxygens (including phenoxy) is 1. The molecule has 0 aromatic heterocycles. The van der Waals surface area contributed by atoms with Gasteiger partial charge in [0, 0.05) is 11.6 Å². The van der Waals surface area contributed by atoms with Crippen molar-refractivity contribution in [3.63, 3.8) is 0 Å². The van der Waals surface area contributed by atoms with E-state index in [2.05, 4.69) is 34.3 Å². The standard InChI is InChI=1S/C25H38O3/c1-16-7-8-21-24(4,18(16)14-19-17(15-26)13-22(27)28-19)12-9-20-23(2,3)10-6-11-25(20,21)5/h13,18-21,26H,1,6-12,14-15H2,2-5H3/t18-,19-,20+,21+,24+,25+/m1/s1. The lowest BCUT2D eigenvalue weighted by Gasteiger charge is -2.66. The summed E-state index contributed by atoms with van der Waals surface area (Å²) in [6.45, 7) is 14.4. The number of rotatable bonds is 3. The predicted molar refractivity (Wildman–Crippen MR) is 112 cm³/mol. The maximum absolute atomic E-state index is 11.8. The van der Waals surface area contributed by atoms with Gasteiger partial charge in [0.25, 0.3) is 0 Å². The second kappa shape index (κ2) is 6.72. The van der Waals surface area contributed by atoms with Gasteiger partial charge < -0.3 is 9.84 Å². The normalized spacial score (nSPS) is 45.1. The van der Waals surface area contributed by atoms with E-state index in [1.807, 2.05) is 0 Å². The van der Waals surface area contributed by atoms with Crippen LogP contribution in [0, 0.1) is 34.0 Å². The van der Waals surface area contributed by atoms with Crippen molar-refractivity contribution in [1.82, 2.24) is 0 Å². The fourth-order valence-corrected chi connectivity index (χ4v) is 8.22. The first-order valence-electron chi connectivity index (χ1n) is 11.3. The van der Waals surface area contributed by atoms with Crippen molar-refractivity contribution in [1.29, 1.82) is 0 Å². The molecule has 0 bridgehead atoms. The minimum absolute atomic E-state index is 0.0935. The molecule has 3 aliphatic carbocycles. The maximum atomic E-state index is 11.8. The summed E-state index contributed by atoms with van der Waals surface area (Å²) >= 11 is 0. The molecule has 1 heterocycles. The molecule has 3 fully saturated rings. The fourth-order valence-electron chi connectivity index (χ4n) is 8.22. The average Bonchev–Trinajstić information content (AvgIpc) is 2.96. The number of carbonyl (C=O) groups is 1. The number of hydrogen-bond acceptors (Lipinski definition) is 3. The van der Waals surface area contributed by atoms with Crippen molar-refractivity contribution in [2.45, 2.75) is 85.2 Å². The number of cyclic esters (lactones) is 1. The van der Waals surface area contributed by atoms with Crippen LogP contribution in [-0.2, 0) is 9.53 Å². The van der Waals surface area contributed by atoms with Crippen molar-refractivity contribution < 1.29 is 14.6 Å². The van der Waals surface area contributed by atoms with Gasteiger partial charge in [0.05, 0.1) is 6.61 Å². The van der Waals surface area contributed by atoms with Crippen LogP contribution >= 0.6 is 0 Å². The maximum Gasteiger partial charge on any atom is 0.331 e. The van der Waals surface area contributed by atoms with E-state index in [0.717, 1.165) is 24.3 Å². The number of esters is 1. The van der Waals surface area contributed by atoms with E-state index in [0.29, 0.717) is 22.7 Å². The molecule has 3 saturated carbocycles. The Morgan fingerprint density at radius 2 is 1.86 bits per heavy atom. The van der Waals surface area contributed by atoms with Gasteiger partial charge in [-0.2, -0.15) is 0 Å². The van der Waals surface area contributed by atoms with Gasteiger partial charge in [-0.15, -0.1) is 0 Å². The Bertz CT molecular complexity index is 705. The third-order valence-corrected chi connectivity index (χ3v) is 9.49. The van der Waals surface area contributed by atoms with Crippen molar-refractivity contribution >= 4 is 5.97 Å². The van der Waals surface area contributed by atoms with Gasteiger partial charge in [0.1, 0.15) is 6.10 Å². The zero-order valence-corrected chi connectivity index (χ0v) is 18.2. The van der Waals surface area contributed by atoms with E-state index in [9.17, 15) is 9.90 Å². The molecule has 0 saturated heterocycles. The minimum Gasteiger partial charge on any atom is -0.455 e. The van der Waals surface area contributed by atoms with Crippen LogP contribution < -0.4 is 0 Å². The summed E-state index contributed by atoms with van der Waals surface area (Å²) in [5, 5.41) is 9.68. The fraction of sp³-hybridized carbons (Fsp3) is 0.800. The Labute approximate surface area is 170 Å². The third kappa shape index (κ3) is 2.91. The van der Waals surface area contributed by atoms with Gasteiger partial charge in [-0.25, -0.2) is 4.79 Å². The quantitative estimate of drug-likeness (QED) is 0.519. The molecule has 0 aromatic carbocycles. The Hall–Kier alpha value is -1.09. The summed E-state index contributed by atoms with van der Waals surface area (Å²) in [5.74, 6) is 1.56. The number of aliphatic hydroxyl groups excluding tert-OH is 1. The number of carbonyl (C=O) groups excluding carboxylic acids is 1. The molecule has 1 aliphatic heterocycles. The van der Waals surface area contributed by atoms with Gasteiger partial charge in [-0.1, -0.05) is 46.3 Å². The molecule has 0 spiro atoms. The Morgan fingerprint density at radius 1 is 1.11 bits per heavy atom. The Kier molecular flexibility index (Phi) is 4.85. The van der Waals surface area contributed by atoms with Crippen LogP contribution in [0.25, 0.3) is 0 Å². The third-order valence-electron chi connectivity index (χ3n) is 9.49. The number of aliphatic hydroxyl groups is 1. The smallest absolute Gasteiger partial charge is 0.331 e. The zero-order chi connectivity index (χ0) is 20.3. The molecule has 1 N–H and O–H groups in total. The predicted octanol–water partition coefficient (Wildman–Crippen LogP) is 5.44. The molecule has 0 radical (unpaired) electrons. The monoisotopic (exact) mass is 386 g/mol. The van der Waals surface area contributed by atoms with Crippen molar-refractivity contribution in [3.8, 4) is 0 Å². The van der Waals surface area contributed by atoms with E-state index >= 15 is 0 Å². The molecule has 0 amide bonds. The van der Waals surface area contributed by atoms with Crippen LogP contribution in [-0.4, -0.2) is 23.8 Å². The zero-order valence-electron chi connectivity index (χ0n) is 18.2. The van der Waals surface area contributed by atoms with E-state index in [1.165, 1.54) is 50.2 Å². The summed E-state index contributed by atoms with van der Waals surface area (Å²) in [5.41, 5.74) is 3.11. The van der Waals surface area contributed by atoms with Gasteiger partial charge in [-0.3, -0.25) is 0 Å². The first kappa shape index (κ1) is 20.2. The molecule has 3 nitrogen and oxygen atoms in total. The number of allylic oxidation sites excluding steroid dienone is 1. The van der Waals surface area contributed by atoms with Gasteiger partial charge in [-0.05, 0) is 78.9 Å². The molecule has 4 rings (SSSR count). The first-order chi connectivity index (χ1) is 13.1. The SMILES string of the molecule is C=C1CC[C@H]2[C@@](C)(CC[C@H]3C(C)(C)CCC[C@]23C)[C@@H]1C[C@H]1OC(=O)C=C1CO. The molecule has 3 heteroatoms. The largest absolute Gasteiger partial charge is 0.455 e. The second-order valence-corrected chi connectivity index (χ2v) is 11.3. The van der Waals surface area contributed by atoms with Gasteiger partial charge >= 0.3 is 5.97 Å². The number of hydrogen-bond donors (Lipinski definition) is 1.